The number of rotatable bonds is 1. The molecule has 1 aliphatic carbocycles. The molecule has 3 rings (SSSR count). The highest BCUT2D eigenvalue weighted by molar-refractivity contribution is 5.91. The van der Waals surface area contributed by atoms with Crippen LogP contribution < -0.4 is 0 Å². The van der Waals surface area contributed by atoms with E-state index in [0.29, 0.717) is 5.75 Å². The third-order valence-corrected chi connectivity index (χ3v) is 4.56. The number of para-hydroxylation sites is 1. The van der Waals surface area contributed by atoms with Crippen molar-refractivity contribution in [2.24, 2.45) is 0 Å². The number of ether oxygens (including phenoxy) is 1. The highest BCUT2D eigenvalue weighted by Crippen LogP contribution is 2.47. The van der Waals surface area contributed by atoms with E-state index in [1.807, 2.05) is 25.1 Å². The van der Waals surface area contributed by atoms with Crippen LogP contribution in [-0.2, 0) is 14.9 Å². The normalized spacial score (nSPS) is 30.2. The van der Waals surface area contributed by atoms with Crippen molar-refractivity contribution in [2.75, 3.05) is 0 Å². The average Bonchev–Trinajstić information content (AvgIpc) is 2.64. The lowest BCUT2D eigenvalue weighted by Gasteiger charge is -2.38. The highest BCUT2D eigenvalue weighted by Gasteiger charge is 2.43. The molecule has 0 spiro atoms. The topological polar surface area (TPSA) is 46.5 Å². The fraction of sp³-hybridized carbons (Fsp3) is 0.438. The zero-order chi connectivity index (χ0) is 13.6. The Bertz CT molecular complexity index is 573. The molecule has 3 heteroatoms. The Hall–Kier alpha value is -1.77. The summed E-state index contributed by atoms with van der Waals surface area (Å²) < 4.78 is 5.44. The van der Waals surface area contributed by atoms with Crippen molar-refractivity contribution in [3.8, 4) is 5.75 Å². The molecule has 1 aromatic carbocycles. The number of phenols is 1. The molecule has 2 unspecified atom stereocenters. The minimum absolute atomic E-state index is 0.106. The van der Waals surface area contributed by atoms with Crippen LogP contribution in [0.25, 0.3) is 0 Å². The summed E-state index contributed by atoms with van der Waals surface area (Å²) in [5.41, 5.74) is 2.75. The number of phenolic OH excluding ortho intramolecular Hbond substituents is 1. The second-order valence-corrected chi connectivity index (χ2v) is 5.83. The van der Waals surface area contributed by atoms with E-state index in [0.717, 1.165) is 36.0 Å². The lowest BCUT2D eigenvalue weighted by atomic mass is 9.68. The lowest BCUT2D eigenvalue weighted by Crippen LogP contribution is -2.34. The summed E-state index contributed by atoms with van der Waals surface area (Å²) in [7, 11) is 0. The van der Waals surface area contributed by atoms with Gasteiger partial charge in [0, 0.05) is 11.0 Å². The maximum absolute atomic E-state index is 11.6. The Labute approximate surface area is 112 Å². The Morgan fingerprint density at radius 1 is 1.37 bits per heavy atom. The molecule has 0 saturated heterocycles. The Kier molecular flexibility index (Phi) is 2.66. The molecule has 1 saturated carbocycles. The average molecular weight is 258 g/mol. The van der Waals surface area contributed by atoms with Gasteiger partial charge in [0.1, 0.15) is 11.9 Å². The van der Waals surface area contributed by atoms with Gasteiger partial charge in [-0.1, -0.05) is 25.1 Å². The van der Waals surface area contributed by atoms with Crippen molar-refractivity contribution < 1.29 is 14.6 Å². The first kappa shape index (κ1) is 12.3. The summed E-state index contributed by atoms with van der Waals surface area (Å²) in [6, 6.07) is 7.46. The van der Waals surface area contributed by atoms with Gasteiger partial charge in [-0.05, 0) is 43.4 Å². The molecule has 2 atom stereocenters. The van der Waals surface area contributed by atoms with Crippen LogP contribution in [0.5, 0.6) is 5.75 Å². The van der Waals surface area contributed by atoms with E-state index in [4.69, 9.17) is 4.74 Å². The van der Waals surface area contributed by atoms with Crippen molar-refractivity contribution in [2.45, 2.75) is 44.6 Å². The Morgan fingerprint density at radius 2 is 2.11 bits per heavy atom. The van der Waals surface area contributed by atoms with E-state index >= 15 is 0 Å². The molecule has 1 fully saturated rings. The third kappa shape index (κ3) is 1.84. The van der Waals surface area contributed by atoms with E-state index in [9.17, 15) is 9.90 Å². The number of hydrogen-bond donors (Lipinski definition) is 1. The molecule has 0 amide bonds. The summed E-state index contributed by atoms with van der Waals surface area (Å²) in [6.45, 7) is 3.99. The van der Waals surface area contributed by atoms with E-state index in [1.54, 1.807) is 6.07 Å². The standard InChI is InChI=1S/C16H18O3/c1-10-11-7-8-16(2,9-14(11)19-15(10)18)12-5-3-4-6-13(12)17/h3-6,14,17H,7-9H2,1-2H3. The minimum Gasteiger partial charge on any atom is -0.508 e. The van der Waals surface area contributed by atoms with Gasteiger partial charge in [-0.3, -0.25) is 0 Å². The molecule has 0 radical (unpaired) electrons. The first-order valence-electron chi connectivity index (χ1n) is 6.70. The monoisotopic (exact) mass is 258 g/mol. The zero-order valence-corrected chi connectivity index (χ0v) is 11.3. The summed E-state index contributed by atoms with van der Waals surface area (Å²) in [6.07, 6.45) is 2.45. The Balaban J connectivity index is 1.94. The number of carbonyl (C=O) groups is 1. The fourth-order valence-electron chi connectivity index (χ4n) is 3.33. The van der Waals surface area contributed by atoms with Crippen molar-refractivity contribution in [1.82, 2.24) is 0 Å². The molecule has 0 bridgehead atoms. The summed E-state index contributed by atoms with van der Waals surface area (Å²) in [5, 5.41) is 10.1. The summed E-state index contributed by atoms with van der Waals surface area (Å²) in [4.78, 5) is 11.6. The van der Waals surface area contributed by atoms with Crippen molar-refractivity contribution in [3.63, 3.8) is 0 Å². The molecule has 1 heterocycles. The predicted octanol–water partition coefficient (Wildman–Crippen LogP) is 3.08. The van der Waals surface area contributed by atoms with Gasteiger partial charge < -0.3 is 9.84 Å². The SMILES string of the molecule is CC1=C2CCC(C)(c3ccccc3O)CC2OC1=O. The minimum atomic E-state index is -0.179. The highest BCUT2D eigenvalue weighted by atomic mass is 16.5. The molecule has 1 aliphatic heterocycles. The first-order chi connectivity index (χ1) is 9.01. The smallest absolute Gasteiger partial charge is 0.334 e. The maximum Gasteiger partial charge on any atom is 0.334 e. The molecule has 1 N–H and O–H groups in total. The van der Waals surface area contributed by atoms with Gasteiger partial charge in [0.15, 0.2) is 0 Å². The predicted molar refractivity (Wildman–Crippen MR) is 71.9 cm³/mol. The van der Waals surface area contributed by atoms with Crippen LogP contribution in [-0.4, -0.2) is 17.2 Å². The maximum atomic E-state index is 11.6. The molecule has 0 aromatic heterocycles. The molecular formula is C16H18O3. The summed E-state index contributed by atoms with van der Waals surface area (Å²) in [5.74, 6) is 0.153. The van der Waals surface area contributed by atoms with Gasteiger partial charge in [0.25, 0.3) is 0 Å². The van der Waals surface area contributed by atoms with Gasteiger partial charge in [0.2, 0.25) is 0 Å². The molecule has 1 aromatic rings. The molecule has 3 nitrogen and oxygen atoms in total. The molecule has 19 heavy (non-hydrogen) atoms. The third-order valence-electron chi connectivity index (χ3n) is 4.56. The van der Waals surface area contributed by atoms with Crippen LogP contribution in [0, 0.1) is 0 Å². The van der Waals surface area contributed by atoms with Gasteiger partial charge >= 0.3 is 5.97 Å². The lowest BCUT2D eigenvalue weighted by molar-refractivity contribution is -0.140. The second-order valence-electron chi connectivity index (χ2n) is 5.83. The van der Waals surface area contributed by atoms with E-state index in [-0.39, 0.29) is 17.5 Å². The number of benzene rings is 1. The number of hydrogen-bond acceptors (Lipinski definition) is 3. The quantitative estimate of drug-likeness (QED) is 0.787. The number of aromatic hydroxyl groups is 1. The van der Waals surface area contributed by atoms with Crippen LogP contribution in [0.4, 0.5) is 0 Å². The number of carbonyl (C=O) groups excluding carboxylic acids is 1. The Morgan fingerprint density at radius 3 is 2.84 bits per heavy atom. The van der Waals surface area contributed by atoms with Gasteiger partial charge in [0.05, 0.1) is 0 Å². The van der Waals surface area contributed by atoms with E-state index < -0.39 is 0 Å². The van der Waals surface area contributed by atoms with Crippen molar-refractivity contribution >= 4 is 5.97 Å². The number of fused-ring (bicyclic) bond motifs is 1. The fourth-order valence-corrected chi connectivity index (χ4v) is 3.33. The van der Waals surface area contributed by atoms with Crippen LogP contribution in [0.15, 0.2) is 35.4 Å². The van der Waals surface area contributed by atoms with Crippen molar-refractivity contribution in [1.29, 1.82) is 0 Å². The van der Waals surface area contributed by atoms with Crippen LogP contribution >= 0.6 is 0 Å². The van der Waals surface area contributed by atoms with Crippen LogP contribution in [0.3, 0.4) is 0 Å². The molecule has 2 aliphatic rings. The molecular weight excluding hydrogens is 240 g/mol. The van der Waals surface area contributed by atoms with Gasteiger partial charge in [-0.15, -0.1) is 0 Å². The summed E-state index contributed by atoms with van der Waals surface area (Å²) >= 11 is 0. The van der Waals surface area contributed by atoms with Crippen LogP contribution in [0.2, 0.25) is 0 Å². The van der Waals surface area contributed by atoms with Crippen molar-refractivity contribution in [3.05, 3.63) is 41.0 Å². The van der Waals surface area contributed by atoms with Gasteiger partial charge in [-0.2, -0.15) is 0 Å². The van der Waals surface area contributed by atoms with E-state index in [2.05, 4.69) is 6.92 Å². The zero-order valence-electron chi connectivity index (χ0n) is 11.3. The molecule has 100 valence electrons. The first-order valence-corrected chi connectivity index (χ1v) is 6.70. The van der Waals surface area contributed by atoms with Crippen LogP contribution in [0.1, 0.15) is 38.7 Å². The number of esters is 1. The largest absolute Gasteiger partial charge is 0.508 e. The second kappa shape index (κ2) is 4.12. The van der Waals surface area contributed by atoms with E-state index in [1.165, 1.54) is 0 Å². The van der Waals surface area contributed by atoms with Gasteiger partial charge in [-0.25, -0.2) is 4.79 Å².